The van der Waals surface area contributed by atoms with Crippen LogP contribution in [0.2, 0.25) is 0 Å². The number of rotatable bonds is 2. The fraction of sp³-hybridized carbons (Fsp3) is 0.333. The molecule has 82 valence electrons. The van der Waals surface area contributed by atoms with Crippen molar-refractivity contribution in [3.8, 4) is 11.5 Å². The number of anilines is 1. The van der Waals surface area contributed by atoms with Crippen LogP contribution in [0.15, 0.2) is 24.8 Å². The van der Waals surface area contributed by atoms with E-state index in [0.29, 0.717) is 0 Å². The van der Waals surface area contributed by atoms with Gasteiger partial charge in [-0.2, -0.15) is 0 Å². The number of fused-ring (bicyclic) bond motifs is 1. The van der Waals surface area contributed by atoms with Crippen LogP contribution in [-0.4, -0.2) is 23.3 Å². The molecule has 0 aliphatic carbocycles. The first-order valence-corrected chi connectivity index (χ1v) is 4.63. The first-order valence-electron chi connectivity index (χ1n) is 4.63. The SMILES string of the molecule is C.C=CCN1CCc2cc(O)c(O)cc21. The third kappa shape index (κ3) is 1.91. The number of nitrogens with zero attached hydrogens (tertiary/aromatic N) is 1. The van der Waals surface area contributed by atoms with Crippen molar-refractivity contribution in [2.24, 2.45) is 0 Å². The summed E-state index contributed by atoms with van der Waals surface area (Å²) < 4.78 is 0. The highest BCUT2D eigenvalue weighted by Gasteiger charge is 2.19. The van der Waals surface area contributed by atoms with Gasteiger partial charge in [0.05, 0.1) is 0 Å². The molecule has 2 rings (SSSR count). The maximum Gasteiger partial charge on any atom is 0.159 e. The Morgan fingerprint density at radius 1 is 1.33 bits per heavy atom. The summed E-state index contributed by atoms with van der Waals surface area (Å²) in [6.45, 7) is 5.38. The number of hydrogen-bond acceptors (Lipinski definition) is 3. The van der Waals surface area contributed by atoms with Crippen molar-refractivity contribution in [3.05, 3.63) is 30.4 Å². The fourth-order valence-corrected chi connectivity index (χ4v) is 1.83. The van der Waals surface area contributed by atoms with Gasteiger partial charge in [0.25, 0.3) is 0 Å². The highest BCUT2D eigenvalue weighted by Crippen LogP contribution is 2.36. The Morgan fingerprint density at radius 3 is 2.67 bits per heavy atom. The van der Waals surface area contributed by atoms with Crippen LogP contribution in [0, 0.1) is 0 Å². The summed E-state index contributed by atoms with van der Waals surface area (Å²) in [6, 6.07) is 3.24. The average Bonchev–Trinajstić information content (AvgIpc) is 2.51. The van der Waals surface area contributed by atoms with E-state index in [9.17, 15) is 10.2 Å². The first kappa shape index (κ1) is 11.4. The molecule has 0 fully saturated rings. The van der Waals surface area contributed by atoms with Gasteiger partial charge in [-0.15, -0.1) is 6.58 Å². The minimum Gasteiger partial charge on any atom is -0.504 e. The van der Waals surface area contributed by atoms with E-state index in [4.69, 9.17) is 0 Å². The zero-order valence-electron chi connectivity index (χ0n) is 7.90. The molecule has 1 heterocycles. The van der Waals surface area contributed by atoms with E-state index in [1.807, 2.05) is 6.08 Å². The molecule has 0 saturated heterocycles. The van der Waals surface area contributed by atoms with E-state index in [-0.39, 0.29) is 18.9 Å². The molecule has 0 unspecified atom stereocenters. The Labute approximate surface area is 90.3 Å². The van der Waals surface area contributed by atoms with E-state index >= 15 is 0 Å². The number of phenols is 2. The molecule has 1 aromatic rings. The Balaban J connectivity index is 0.00000112. The van der Waals surface area contributed by atoms with Gasteiger partial charge >= 0.3 is 0 Å². The predicted octanol–water partition coefficient (Wildman–Crippen LogP) is 2.28. The van der Waals surface area contributed by atoms with E-state index in [1.54, 1.807) is 12.1 Å². The first-order chi connectivity index (χ1) is 6.72. The number of aromatic hydroxyl groups is 2. The number of hydrogen-bond donors (Lipinski definition) is 2. The van der Waals surface area contributed by atoms with E-state index in [1.165, 1.54) is 0 Å². The molecule has 1 aliphatic rings. The normalized spacial score (nSPS) is 13.2. The van der Waals surface area contributed by atoms with Crippen molar-refractivity contribution in [2.75, 3.05) is 18.0 Å². The highest BCUT2D eigenvalue weighted by atomic mass is 16.3. The topological polar surface area (TPSA) is 43.7 Å². The Morgan fingerprint density at radius 2 is 2.00 bits per heavy atom. The summed E-state index contributed by atoms with van der Waals surface area (Å²) in [4.78, 5) is 2.13. The van der Waals surface area contributed by atoms with E-state index < -0.39 is 0 Å². The molecular formula is C12H17NO2. The molecule has 0 saturated carbocycles. The quantitative estimate of drug-likeness (QED) is 0.577. The largest absolute Gasteiger partial charge is 0.504 e. The van der Waals surface area contributed by atoms with Gasteiger partial charge in [0.2, 0.25) is 0 Å². The molecule has 3 heteroatoms. The van der Waals surface area contributed by atoms with Gasteiger partial charge in [0, 0.05) is 24.8 Å². The zero-order valence-corrected chi connectivity index (χ0v) is 7.90. The fourth-order valence-electron chi connectivity index (χ4n) is 1.83. The average molecular weight is 207 g/mol. The van der Waals surface area contributed by atoms with Crippen LogP contribution in [0.5, 0.6) is 11.5 Å². The molecule has 3 nitrogen and oxygen atoms in total. The molecule has 0 atom stereocenters. The zero-order chi connectivity index (χ0) is 10.1. The van der Waals surface area contributed by atoms with Crippen LogP contribution >= 0.6 is 0 Å². The van der Waals surface area contributed by atoms with Gasteiger partial charge in [-0.05, 0) is 18.1 Å². The summed E-state index contributed by atoms with van der Waals surface area (Å²) in [5.74, 6) is -0.0936. The molecule has 0 radical (unpaired) electrons. The second-order valence-corrected chi connectivity index (χ2v) is 3.45. The van der Waals surface area contributed by atoms with Crippen LogP contribution in [0.25, 0.3) is 0 Å². The van der Waals surface area contributed by atoms with Gasteiger partial charge in [-0.1, -0.05) is 13.5 Å². The van der Waals surface area contributed by atoms with Crippen molar-refractivity contribution >= 4 is 5.69 Å². The summed E-state index contributed by atoms with van der Waals surface area (Å²) in [5, 5.41) is 18.7. The lowest BCUT2D eigenvalue weighted by Crippen LogP contribution is -2.19. The maximum absolute atomic E-state index is 9.37. The van der Waals surface area contributed by atoms with E-state index in [2.05, 4.69) is 11.5 Å². The third-order valence-corrected chi connectivity index (χ3v) is 2.52. The molecule has 15 heavy (non-hydrogen) atoms. The smallest absolute Gasteiger partial charge is 0.159 e. The van der Waals surface area contributed by atoms with Crippen molar-refractivity contribution in [1.29, 1.82) is 0 Å². The Bertz CT molecular complexity index is 374. The molecule has 2 N–H and O–H groups in total. The van der Waals surface area contributed by atoms with Gasteiger partial charge in [0.15, 0.2) is 11.5 Å². The monoisotopic (exact) mass is 207 g/mol. The van der Waals surface area contributed by atoms with Crippen LogP contribution in [0.4, 0.5) is 5.69 Å². The second-order valence-electron chi connectivity index (χ2n) is 3.45. The van der Waals surface area contributed by atoms with Gasteiger partial charge in [-0.25, -0.2) is 0 Å². The molecule has 0 spiro atoms. The van der Waals surface area contributed by atoms with Crippen molar-refractivity contribution in [3.63, 3.8) is 0 Å². The standard InChI is InChI=1S/C11H13NO2.CH4/c1-2-4-12-5-3-8-6-10(13)11(14)7-9(8)12;/h2,6-7,13-14H,1,3-5H2;1H4. The Kier molecular flexibility index (Phi) is 3.24. The second kappa shape index (κ2) is 4.26. The maximum atomic E-state index is 9.37. The minimum atomic E-state index is -0.0558. The van der Waals surface area contributed by atoms with Crippen molar-refractivity contribution < 1.29 is 10.2 Å². The third-order valence-electron chi connectivity index (χ3n) is 2.52. The highest BCUT2D eigenvalue weighted by molar-refractivity contribution is 5.64. The van der Waals surface area contributed by atoms with Gasteiger partial charge < -0.3 is 15.1 Å². The lowest BCUT2D eigenvalue weighted by Gasteiger charge is -2.17. The van der Waals surface area contributed by atoms with Crippen LogP contribution in [0.1, 0.15) is 13.0 Å². The van der Waals surface area contributed by atoms with Crippen LogP contribution in [0.3, 0.4) is 0 Å². The lowest BCUT2D eigenvalue weighted by molar-refractivity contribution is 0.403. The lowest BCUT2D eigenvalue weighted by atomic mass is 10.1. The summed E-state index contributed by atoms with van der Waals surface area (Å²) >= 11 is 0. The summed E-state index contributed by atoms with van der Waals surface area (Å²) in [6.07, 6.45) is 2.75. The molecule has 0 amide bonds. The molecule has 1 aliphatic heterocycles. The predicted molar refractivity (Wildman–Crippen MR) is 62.6 cm³/mol. The summed E-state index contributed by atoms with van der Waals surface area (Å²) in [7, 11) is 0. The Hall–Kier alpha value is -1.64. The molecular weight excluding hydrogens is 190 g/mol. The van der Waals surface area contributed by atoms with Crippen LogP contribution < -0.4 is 4.90 Å². The molecule has 0 bridgehead atoms. The van der Waals surface area contributed by atoms with E-state index in [0.717, 1.165) is 30.8 Å². The van der Waals surface area contributed by atoms with Crippen molar-refractivity contribution in [1.82, 2.24) is 0 Å². The van der Waals surface area contributed by atoms with Crippen LogP contribution in [-0.2, 0) is 6.42 Å². The minimum absolute atomic E-state index is 0. The van der Waals surface area contributed by atoms with Gasteiger partial charge in [0.1, 0.15) is 0 Å². The molecule has 0 aromatic heterocycles. The molecule has 1 aromatic carbocycles. The van der Waals surface area contributed by atoms with Crippen molar-refractivity contribution in [2.45, 2.75) is 13.8 Å². The summed E-state index contributed by atoms with van der Waals surface area (Å²) in [5.41, 5.74) is 2.09. The van der Waals surface area contributed by atoms with Gasteiger partial charge in [-0.3, -0.25) is 0 Å². The number of benzene rings is 1. The number of phenolic OH excluding ortho intramolecular Hbond substituents is 2.